The smallest absolute Gasteiger partial charge is 0.283 e. The molecule has 0 atom stereocenters. The highest BCUT2D eigenvalue weighted by Crippen LogP contribution is 2.23. The summed E-state index contributed by atoms with van der Waals surface area (Å²) in [4.78, 5) is 14.3. The summed E-state index contributed by atoms with van der Waals surface area (Å²) in [5, 5.41) is 7.48. The maximum atomic E-state index is 12.1. The molecule has 1 saturated heterocycles. The number of hydrogen-bond donors (Lipinski definition) is 1. The average molecular weight is 315 g/mol. The lowest BCUT2D eigenvalue weighted by atomic mass is 10.1. The summed E-state index contributed by atoms with van der Waals surface area (Å²) < 4.78 is 2.15. The van der Waals surface area contributed by atoms with Crippen LogP contribution in [0.2, 0.25) is 0 Å². The van der Waals surface area contributed by atoms with Crippen molar-refractivity contribution in [3.63, 3.8) is 0 Å². The van der Waals surface area contributed by atoms with E-state index in [-0.39, 0.29) is 5.56 Å². The molecule has 6 heteroatoms. The molecule has 0 amide bonds. The first-order valence-corrected chi connectivity index (χ1v) is 7.13. The van der Waals surface area contributed by atoms with Gasteiger partial charge in [0, 0.05) is 26.7 Å². The van der Waals surface area contributed by atoms with E-state index in [1.54, 1.807) is 6.20 Å². The van der Waals surface area contributed by atoms with Crippen LogP contribution in [0.4, 0.5) is 5.69 Å². The van der Waals surface area contributed by atoms with Gasteiger partial charge in [0.2, 0.25) is 0 Å². The molecule has 2 heterocycles. The van der Waals surface area contributed by atoms with Gasteiger partial charge in [-0.25, -0.2) is 4.68 Å². The van der Waals surface area contributed by atoms with Crippen LogP contribution in [-0.4, -0.2) is 36.0 Å². The Kier molecular flexibility index (Phi) is 4.40. The molecule has 1 N–H and O–H groups in total. The summed E-state index contributed by atoms with van der Waals surface area (Å²) in [6, 6.07) is 0.453. The van der Waals surface area contributed by atoms with E-state index in [0.717, 1.165) is 31.6 Å². The molecule has 0 bridgehead atoms. The highest BCUT2D eigenvalue weighted by Gasteiger charge is 2.24. The Labute approximate surface area is 115 Å². The van der Waals surface area contributed by atoms with E-state index in [1.807, 2.05) is 7.05 Å². The minimum absolute atomic E-state index is 0.0416. The van der Waals surface area contributed by atoms with Gasteiger partial charge in [0.1, 0.15) is 4.47 Å². The number of aromatic nitrogens is 2. The number of hydrogen-bond acceptors (Lipinski definition) is 4. The minimum atomic E-state index is -0.0416. The van der Waals surface area contributed by atoms with Crippen LogP contribution in [-0.2, 0) is 6.54 Å². The molecule has 100 valence electrons. The zero-order chi connectivity index (χ0) is 13.1. The maximum Gasteiger partial charge on any atom is 0.283 e. The number of anilines is 1. The fourth-order valence-electron chi connectivity index (χ4n) is 1.91. The Balaban J connectivity index is 2.22. The van der Waals surface area contributed by atoms with Crippen molar-refractivity contribution in [3.8, 4) is 0 Å². The number of nitrogens with one attached hydrogen (secondary N) is 1. The first-order valence-electron chi connectivity index (χ1n) is 6.34. The molecular weight excluding hydrogens is 296 g/mol. The molecule has 1 aliphatic rings. The van der Waals surface area contributed by atoms with Gasteiger partial charge in [-0.05, 0) is 22.4 Å². The predicted molar refractivity (Wildman–Crippen MR) is 76.2 cm³/mol. The highest BCUT2D eigenvalue weighted by molar-refractivity contribution is 9.10. The van der Waals surface area contributed by atoms with Crippen LogP contribution in [0.25, 0.3) is 0 Å². The van der Waals surface area contributed by atoms with Crippen molar-refractivity contribution in [3.05, 3.63) is 21.0 Å². The van der Waals surface area contributed by atoms with Gasteiger partial charge in [0.15, 0.2) is 0 Å². The number of unbranched alkanes of at least 4 members (excludes halogenated alkanes) is 1. The van der Waals surface area contributed by atoms with E-state index >= 15 is 0 Å². The van der Waals surface area contributed by atoms with Crippen LogP contribution in [0.5, 0.6) is 0 Å². The van der Waals surface area contributed by atoms with Gasteiger partial charge in [-0.1, -0.05) is 13.3 Å². The number of halogens is 1. The fourth-order valence-corrected chi connectivity index (χ4v) is 2.50. The summed E-state index contributed by atoms with van der Waals surface area (Å²) in [5.74, 6) is 0. The van der Waals surface area contributed by atoms with Gasteiger partial charge in [-0.15, -0.1) is 0 Å². The normalized spacial score (nSPS) is 15.5. The molecule has 0 saturated carbocycles. The monoisotopic (exact) mass is 314 g/mol. The average Bonchev–Trinajstić information content (AvgIpc) is 2.28. The SMILES string of the molecule is CCCCn1ncc(N(C)C2CNC2)c(Br)c1=O. The molecule has 1 fully saturated rings. The Morgan fingerprint density at radius 3 is 2.89 bits per heavy atom. The molecule has 0 aliphatic carbocycles. The van der Waals surface area contributed by atoms with Crippen molar-refractivity contribution in [2.75, 3.05) is 25.0 Å². The van der Waals surface area contributed by atoms with Crippen molar-refractivity contribution in [1.82, 2.24) is 15.1 Å². The predicted octanol–water partition coefficient (Wildman–Crippen LogP) is 1.21. The van der Waals surface area contributed by atoms with Gasteiger partial charge in [0.05, 0.1) is 17.9 Å². The Morgan fingerprint density at radius 2 is 2.33 bits per heavy atom. The van der Waals surface area contributed by atoms with Gasteiger partial charge < -0.3 is 10.2 Å². The highest BCUT2D eigenvalue weighted by atomic mass is 79.9. The molecule has 0 aromatic carbocycles. The Bertz CT molecular complexity index is 470. The van der Waals surface area contributed by atoms with E-state index in [0.29, 0.717) is 17.1 Å². The summed E-state index contributed by atoms with van der Waals surface area (Å²) >= 11 is 3.41. The van der Waals surface area contributed by atoms with Crippen LogP contribution in [0, 0.1) is 0 Å². The molecule has 1 aromatic rings. The van der Waals surface area contributed by atoms with Gasteiger partial charge >= 0.3 is 0 Å². The Hall–Kier alpha value is -0.880. The summed E-state index contributed by atoms with van der Waals surface area (Å²) in [7, 11) is 2.00. The van der Waals surface area contributed by atoms with Crippen molar-refractivity contribution in [2.24, 2.45) is 0 Å². The molecule has 0 spiro atoms. The van der Waals surface area contributed by atoms with Crippen LogP contribution < -0.4 is 15.8 Å². The number of rotatable bonds is 5. The van der Waals surface area contributed by atoms with E-state index in [9.17, 15) is 4.79 Å². The molecule has 1 aromatic heterocycles. The van der Waals surface area contributed by atoms with Crippen molar-refractivity contribution < 1.29 is 0 Å². The zero-order valence-electron chi connectivity index (χ0n) is 10.8. The van der Waals surface area contributed by atoms with E-state index in [2.05, 4.69) is 38.2 Å². The molecule has 1 aliphatic heterocycles. The second-order valence-corrected chi connectivity index (χ2v) is 5.44. The summed E-state index contributed by atoms with van der Waals surface area (Å²) in [5.41, 5.74) is 0.833. The first-order chi connectivity index (χ1) is 8.65. The van der Waals surface area contributed by atoms with Crippen molar-refractivity contribution in [2.45, 2.75) is 32.4 Å². The van der Waals surface area contributed by atoms with Gasteiger partial charge in [-0.2, -0.15) is 5.10 Å². The number of likely N-dealkylation sites (N-methyl/N-ethyl adjacent to an activating group) is 1. The van der Waals surface area contributed by atoms with Crippen LogP contribution in [0.15, 0.2) is 15.5 Å². The molecule has 18 heavy (non-hydrogen) atoms. The third-order valence-electron chi connectivity index (χ3n) is 3.38. The quantitative estimate of drug-likeness (QED) is 0.887. The first kappa shape index (κ1) is 13.5. The lowest BCUT2D eigenvalue weighted by Gasteiger charge is -2.37. The van der Waals surface area contributed by atoms with Crippen LogP contribution >= 0.6 is 15.9 Å². The molecule has 2 rings (SSSR count). The molecular formula is C12H19BrN4O. The largest absolute Gasteiger partial charge is 0.367 e. The number of nitrogens with zero attached hydrogens (tertiary/aromatic N) is 3. The zero-order valence-corrected chi connectivity index (χ0v) is 12.4. The minimum Gasteiger partial charge on any atom is -0.367 e. The lowest BCUT2D eigenvalue weighted by molar-refractivity contribution is 0.427. The molecule has 0 unspecified atom stereocenters. The second kappa shape index (κ2) is 5.84. The van der Waals surface area contributed by atoms with E-state index in [1.165, 1.54) is 4.68 Å². The third kappa shape index (κ3) is 2.59. The summed E-state index contributed by atoms with van der Waals surface area (Å²) in [6.45, 7) is 4.71. The Morgan fingerprint density at radius 1 is 1.61 bits per heavy atom. The summed E-state index contributed by atoms with van der Waals surface area (Å²) in [6.07, 6.45) is 3.81. The van der Waals surface area contributed by atoms with Gasteiger partial charge in [-0.3, -0.25) is 4.79 Å². The van der Waals surface area contributed by atoms with E-state index in [4.69, 9.17) is 0 Å². The third-order valence-corrected chi connectivity index (χ3v) is 4.12. The van der Waals surface area contributed by atoms with Gasteiger partial charge in [0.25, 0.3) is 5.56 Å². The van der Waals surface area contributed by atoms with Crippen LogP contribution in [0.3, 0.4) is 0 Å². The lowest BCUT2D eigenvalue weighted by Crippen LogP contribution is -2.56. The molecule has 5 nitrogen and oxygen atoms in total. The van der Waals surface area contributed by atoms with E-state index < -0.39 is 0 Å². The molecule has 0 radical (unpaired) electrons. The van der Waals surface area contributed by atoms with Crippen LogP contribution in [0.1, 0.15) is 19.8 Å². The second-order valence-electron chi connectivity index (χ2n) is 4.65. The standard InChI is InChI=1S/C12H19BrN4O/c1-3-4-5-17-12(18)11(13)10(8-15-17)16(2)9-6-14-7-9/h8-9,14H,3-7H2,1-2H3. The maximum absolute atomic E-state index is 12.1. The fraction of sp³-hybridized carbons (Fsp3) is 0.667. The van der Waals surface area contributed by atoms with Crippen molar-refractivity contribution >= 4 is 21.6 Å². The van der Waals surface area contributed by atoms with Crippen molar-refractivity contribution in [1.29, 1.82) is 0 Å². The topological polar surface area (TPSA) is 50.2 Å². The number of aryl methyl sites for hydroxylation is 1.